The molecule has 0 amide bonds. The van der Waals surface area contributed by atoms with Crippen LogP contribution in [0.15, 0.2) is 0 Å². The monoisotopic (exact) mass is 290 g/mol. The van der Waals surface area contributed by atoms with E-state index in [4.69, 9.17) is 0 Å². The van der Waals surface area contributed by atoms with E-state index in [1.807, 2.05) is 0 Å². The third-order valence-electron chi connectivity index (χ3n) is 2.48. The summed E-state index contributed by atoms with van der Waals surface area (Å²) in [4.78, 5) is 18.0. The zero-order valence-electron chi connectivity index (χ0n) is 12.8. The van der Waals surface area contributed by atoms with Crippen molar-refractivity contribution in [3.63, 3.8) is 0 Å². The Morgan fingerprint density at radius 3 is 2.00 bits per heavy atom. The first-order valence-corrected chi connectivity index (χ1v) is 13.8. The second-order valence-corrected chi connectivity index (χ2v) is 16.6. The maximum absolute atomic E-state index is 11.2. The van der Waals surface area contributed by atoms with Crippen LogP contribution in [-0.2, 0) is 4.79 Å². The Bertz CT molecular complexity index is 260. The molecular weight excluding hydrogens is 260 g/mol. The quantitative estimate of drug-likeness (QED) is 0.451. The normalized spacial score (nSPS) is 14.6. The summed E-state index contributed by atoms with van der Waals surface area (Å²) in [5.74, 6) is -0.712. The maximum atomic E-state index is 11.2. The van der Waals surface area contributed by atoms with Crippen LogP contribution >= 0.6 is 0 Å². The highest BCUT2D eigenvalue weighted by atomic mass is 28.3. The number of rotatable bonds is 9. The minimum absolute atomic E-state index is 0.372. The number of hydrogen-bond acceptors (Lipinski definition) is 3. The summed E-state index contributed by atoms with van der Waals surface area (Å²) >= 11 is 0. The molecule has 0 fully saturated rings. The Hall–Kier alpha value is -0.176. The molecule has 4 nitrogen and oxygen atoms in total. The van der Waals surface area contributed by atoms with Crippen molar-refractivity contribution in [2.45, 2.75) is 64.6 Å². The molecule has 0 aromatic carbocycles. The molecule has 3 N–H and O–H groups in total. The molecule has 6 heteroatoms. The molecular formula is C12H30N2O2Si2. The van der Waals surface area contributed by atoms with E-state index in [2.05, 4.69) is 49.2 Å². The van der Waals surface area contributed by atoms with Crippen molar-refractivity contribution in [3.05, 3.63) is 0 Å². The van der Waals surface area contributed by atoms with Crippen LogP contribution in [0.2, 0.25) is 39.3 Å². The lowest BCUT2D eigenvalue weighted by Crippen LogP contribution is -2.51. The fourth-order valence-corrected chi connectivity index (χ4v) is 3.96. The number of nitrogens with one attached hydrogen (secondary N) is 2. The molecule has 0 unspecified atom stereocenters. The molecule has 0 aliphatic rings. The van der Waals surface area contributed by atoms with Crippen molar-refractivity contribution in [2.24, 2.45) is 0 Å². The second-order valence-electron chi connectivity index (χ2n) is 6.96. The van der Waals surface area contributed by atoms with E-state index >= 15 is 0 Å². The summed E-state index contributed by atoms with van der Waals surface area (Å²) in [6.07, 6.45) is 2.75. The standard InChI is InChI=1S/C12H30N2O2Si2/c1-17(2,3)13-10-8-7-9-11(12(15)16)14-18(4,5)6/h11,13-14H,7-10H2,1-6H3,(H,15,16)/t11-/m0/s1. The van der Waals surface area contributed by atoms with Crippen LogP contribution in [0.25, 0.3) is 0 Å². The average molecular weight is 291 g/mol. The van der Waals surface area contributed by atoms with Gasteiger partial charge in [0.05, 0.1) is 6.04 Å². The van der Waals surface area contributed by atoms with E-state index in [1.54, 1.807) is 0 Å². The Balaban J connectivity index is 3.89. The zero-order chi connectivity index (χ0) is 14.4. The Labute approximate surface area is 114 Å². The number of aliphatic carboxylic acids is 1. The summed E-state index contributed by atoms with van der Waals surface area (Å²) in [6.45, 7) is 14.2. The SMILES string of the molecule is C[Si](C)(C)NCCCC[C@H](N[Si](C)(C)C)C(=O)O. The average Bonchev–Trinajstić information content (AvgIpc) is 2.11. The van der Waals surface area contributed by atoms with Gasteiger partial charge in [-0.1, -0.05) is 45.7 Å². The molecule has 0 aliphatic heterocycles. The highest BCUT2D eigenvalue weighted by Gasteiger charge is 2.24. The van der Waals surface area contributed by atoms with Crippen molar-refractivity contribution in [3.8, 4) is 0 Å². The van der Waals surface area contributed by atoms with Gasteiger partial charge in [-0.25, -0.2) is 0 Å². The van der Waals surface area contributed by atoms with Gasteiger partial charge in [0, 0.05) is 0 Å². The van der Waals surface area contributed by atoms with Gasteiger partial charge in [-0.3, -0.25) is 4.79 Å². The van der Waals surface area contributed by atoms with E-state index in [1.165, 1.54) is 0 Å². The van der Waals surface area contributed by atoms with E-state index in [-0.39, 0.29) is 6.04 Å². The molecule has 0 saturated heterocycles. The van der Waals surface area contributed by atoms with Gasteiger partial charge in [0.25, 0.3) is 0 Å². The van der Waals surface area contributed by atoms with Crippen molar-refractivity contribution in [1.29, 1.82) is 0 Å². The third-order valence-corrected chi connectivity index (χ3v) is 5.01. The summed E-state index contributed by atoms with van der Waals surface area (Å²) in [5.41, 5.74) is 0. The fourth-order valence-electron chi connectivity index (χ4n) is 1.72. The van der Waals surface area contributed by atoms with Crippen molar-refractivity contribution < 1.29 is 9.90 Å². The Morgan fingerprint density at radius 2 is 1.61 bits per heavy atom. The molecule has 0 radical (unpaired) electrons. The van der Waals surface area contributed by atoms with Gasteiger partial charge in [0.15, 0.2) is 0 Å². The first kappa shape index (κ1) is 17.8. The van der Waals surface area contributed by atoms with Gasteiger partial charge in [0.1, 0.15) is 16.5 Å². The van der Waals surface area contributed by atoms with Crippen molar-refractivity contribution in [1.82, 2.24) is 9.96 Å². The highest BCUT2D eigenvalue weighted by molar-refractivity contribution is 6.74. The first-order valence-electron chi connectivity index (χ1n) is 6.77. The lowest BCUT2D eigenvalue weighted by molar-refractivity contribution is -0.139. The maximum Gasteiger partial charge on any atom is 0.320 e. The number of carboxylic acids is 1. The largest absolute Gasteiger partial charge is 0.480 e. The molecule has 108 valence electrons. The molecule has 0 bridgehead atoms. The molecule has 0 rings (SSSR count). The third kappa shape index (κ3) is 10.9. The molecule has 0 saturated carbocycles. The zero-order valence-corrected chi connectivity index (χ0v) is 14.8. The van der Waals surface area contributed by atoms with Crippen LogP contribution in [0.5, 0.6) is 0 Å². The van der Waals surface area contributed by atoms with Crippen molar-refractivity contribution >= 4 is 22.4 Å². The summed E-state index contributed by atoms with van der Waals surface area (Å²) in [6, 6.07) is -0.372. The number of carbonyl (C=O) groups is 1. The number of hydrogen-bond donors (Lipinski definition) is 3. The van der Waals surface area contributed by atoms with Crippen LogP contribution in [0.1, 0.15) is 19.3 Å². The van der Waals surface area contributed by atoms with Gasteiger partial charge in [-0.15, -0.1) is 0 Å². The minimum Gasteiger partial charge on any atom is -0.480 e. The Morgan fingerprint density at radius 1 is 1.06 bits per heavy atom. The Kier molecular flexibility index (Phi) is 7.35. The molecule has 0 aromatic heterocycles. The van der Waals surface area contributed by atoms with E-state index < -0.39 is 22.4 Å². The van der Waals surface area contributed by atoms with Crippen LogP contribution < -0.4 is 9.96 Å². The van der Waals surface area contributed by atoms with E-state index in [0.29, 0.717) is 0 Å². The molecule has 0 heterocycles. The van der Waals surface area contributed by atoms with Gasteiger partial charge >= 0.3 is 5.97 Å². The van der Waals surface area contributed by atoms with Gasteiger partial charge in [-0.2, -0.15) is 0 Å². The first-order chi connectivity index (χ1) is 8.01. The number of unbranched alkanes of at least 4 members (excludes halogenated alkanes) is 1. The second kappa shape index (κ2) is 7.42. The van der Waals surface area contributed by atoms with E-state index in [0.717, 1.165) is 25.8 Å². The van der Waals surface area contributed by atoms with Crippen LogP contribution in [0.4, 0.5) is 0 Å². The van der Waals surface area contributed by atoms with Gasteiger partial charge in [0.2, 0.25) is 0 Å². The number of carboxylic acid groups (broad SMARTS) is 1. The molecule has 0 spiro atoms. The predicted octanol–water partition coefficient (Wildman–Crippen LogP) is 2.46. The molecule has 1 atom stereocenters. The molecule has 0 aromatic rings. The summed E-state index contributed by atoms with van der Waals surface area (Å²) in [5, 5.41) is 9.17. The van der Waals surface area contributed by atoms with Gasteiger partial charge < -0.3 is 15.1 Å². The van der Waals surface area contributed by atoms with E-state index in [9.17, 15) is 9.90 Å². The fraction of sp³-hybridized carbons (Fsp3) is 0.917. The van der Waals surface area contributed by atoms with Crippen LogP contribution in [0.3, 0.4) is 0 Å². The van der Waals surface area contributed by atoms with Crippen molar-refractivity contribution in [2.75, 3.05) is 6.54 Å². The minimum atomic E-state index is -1.52. The topological polar surface area (TPSA) is 61.4 Å². The lowest BCUT2D eigenvalue weighted by atomic mass is 10.1. The lowest BCUT2D eigenvalue weighted by Gasteiger charge is -2.24. The molecule has 0 aliphatic carbocycles. The summed E-state index contributed by atoms with van der Waals surface area (Å²) in [7, 11) is -2.69. The highest BCUT2D eigenvalue weighted by Crippen LogP contribution is 2.06. The molecule has 18 heavy (non-hydrogen) atoms. The van der Waals surface area contributed by atoms with Gasteiger partial charge in [-0.05, 0) is 19.4 Å². The predicted molar refractivity (Wildman–Crippen MR) is 83.1 cm³/mol. The summed E-state index contributed by atoms with van der Waals surface area (Å²) < 4.78 is 0. The smallest absolute Gasteiger partial charge is 0.320 e. The van der Waals surface area contributed by atoms with Crippen LogP contribution in [-0.4, -0.2) is 40.1 Å². The van der Waals surface area contributed by atoms with Crippen LogP contribution in [0, 0.1) is 0 Å².